The summed E-state index contributed by atoms with van der Waals surface area (Å²) >= 11 is 0. The van der Waals surface area contributed by atoms with Gasteiger partial charge in [-0.2, -0.15) is 15.0 Å². The highest BCUT2D eigenvalue weighted by atomic mass is 15.3. The average molecular weight is 680 g/mol. The maximum absolute atomic E-state index is 5.43. The van der Waals surface area contributed by atoms with Gasteiger partial charge in [0.25, 0.3) is 0 Å². The lowest BCUT2D eigenvalue weighted by Crippen LogP contribution is -2.15. The highest BCUT2D eigenvalue weighted by Gasteiger charge is 2.37. The van der Waals surface area contributed by atoms with E-state index >= 15 is 0 Å². The monoisotopic (exact) mass is 679 g/mol. The Labute approximate surface area is 306 Å². The first-order valence-electron chi connectivity index (χ1n) is 18.1. The minimum atomic E-state index is -0.152. The maximum Gasteiger partial charge on any atom is 0.240 e. The van der Waals surface area contributed by atoms with Crippen molar-refractivity contribution < 1.29 is 0 Å². The van der Waals surface area contributed by atoms with E-state index in [1.54, 1.807) is 0 Å². The van der Waals surface area contributed by atoms with E-state index in [0.29, 0.717) is 17.7 Å². The lowest BCUT2D eigenvalue weighted by atomic mass is 9.82. The molecular formula is C48H33N5. The number of nitrogens with zero attached hydrogens (tertiary/aromatic N) is 5. The molecule has 1 aliphatic carbocycles. The van der Waals surface area contributed by atoms with Crippen LogP contribution in [-0.4, -0.2) is 24.1 Å². The van der Waals surface area contributed by atoms with Gasteiger partial charge >= 0.3 is 0 Å². The predicted molar refractivity (Wildman–Crippen MR) is 217 cm³/mol. The van der Waals surface area contributed by atoms with Crippen LogP contribution in [-0.2, 0) is 5.41 Å². The van der Waals surface area contributed by atoms with Gasteiger partial charge in [-0.3, -0.25) is 9.13 Å². The Morgan fingerprint density at radius 3 is 1.58 bits per heavy atom. The lowest BCUT2D eigenvalue weighted by molar-refractivity contribution is 0.660. The van der Waals surface area contributed by atoms with Crippen molar-refractivity contribution in [1.29, 1.82) is 0 Å². The van der Waals surface area contributed by atoms with Gasteiger partial charge < -0.3 is 0 Å². The molecule has 250 valence electrons. The number of aromatic nitrogens is 5. The summed E-state index contributed by atoms with van der Waals surface area (Å²) in [7, 11) is 0. The molecule has 10 aromatic rings. The van der Waals surface area contributed by atoms with Gasteiger partial charge in [-0.1, -0.05) is 159 Å². The van der Waals surface area contributed by atoms with Gasteiger partial charge in [0.2, 0.25) is 11.9 Å². The van der Waals surface area contributed by atoms with E-state index in [1.165, 1.54) is 38.6 Å². The summed E-state index contributed by atoms with van der Waals surface area (Å²) in [6, 6.07) is 58.1. The normalized spacial score (nSPS) is 13.2. The molecule has 0 bridgehead atoms. The third-order valence-corrected chi connectivity index (χ3v) is 11.2. The van der Waals surface area contributed by atoms with Gasteiger partial charge in [-0.25, -0.2) is 0 Å². The largest absolute Gasteiger partial charge is 0.278 e. The predicted octanol–water partition coefficient (Wildman–Crippen LogP) is 11.7. The molecule has 1 aliphatic rings. The van der Waals surface area contributed by atoms with Crippen molar-refractivity contribution >= 4 is 43.6 Å². The molecule has 0 radical (unpaired) electrons. The molecule has 0 saturated heterocycles. The molecule has 3 aromatic heterocycles. The van der Waals surface area contributed by atoms with Crippen LogP contribution < -0.4 is 0 Å². The highest BCUT2D eigenvalue weighted by molar-refractivity contribution is 6.15. The molecule has 0 fully saturated rings. The molecular weight excluding hydrogens is 647 g/mol. The fourth-order valence-corrected chi connectivity index (χ4v) is 8.71. The zero-order valence-corrected chi connectivity index (χ0v) is 29.3. The smallest absolute Gasteiger partial charge is 0.240 e. The highest BCUT2D eigenvalue weighted by Crippen LogP contribution is 2.52. The van der Waals surface area contributed by atoms with Gasteiger partial charge in [0, 0.05) is 38.1 Å². The third-order valence-electron chi connectivity index (χ3n) is 11.2. The topological polar surface area (TPSA) is 48.5 Å². The zero-order chi connectivity index (χ0) is 35.3. The third kappa shape index (κ3) is 4.28. The Bertz CT molecular complexity index is 3020. The lowest BCUT2D eigenvalue weighted by Gasteiger charge is -2.21. The number of hydrogen-bond donors (Lipinski definition) is 0. The summed E-state index contributed by atoms with van der Waals surface area (Å²) < 4.78 is 4.47. The second-order valence-corrected chi connectivity index (χ2v) is 14.5. The van der Waals surface area contributed by atoms with Crippen LogP contribution in [0.25, 0.3) is 89.2 Å². The molecule has 0 saturated carbocycles. The molecule has 3 heterocycles. The molecule has 0 spiro atoms. The quantitative estimate of drug-likeness (QED) is 0.186. The van der Waals surface area contributed by atoms with Crippen LogP contribution in [0.4, 0.5) is 0 Å². The number of para-hydroxylation sites is 3. The zero-order valence-electron chi connectivity index (χ0n) is 29.3. The second kappa shape index (κ2) is 11.1. The van der Waals surface area contributed by atoms with Crippen molar-refractivity contribution in [1.82, 2.24) is 24.1 Å². The summed E-state index contributed by atoms with van der Waals surface area (Å²) in [6.45, 7) is 4.66. The van der Waals surface area contributed by atoms with Crippen molar-refractivity contribution in [3.63, 3.8) is 0 Å². The molecule has 0 N–H and O–H groups in total. The molecule has 0 atom stereocenters. The Hall–Kier alpha value is -6.85. The Morgan fingerprint density at radius 2 is 0.906 bits per heavy atom. The van der Waals surface area contributed by atoms with Crippen LogP contribution in [0.15, 0.2) is 164 Å². The molecule has 7 aromatic carbocycles. The van der Waals surface area contributed by atoms with Crippen molar-refractivity contribution in [3.8, 4) is 45.5 Å². The van der Waals surface area contributed by atoms with Gasteiger partial charge in [0.15, 0.2) is 5.82 Å². The van der Waals surface area contributed by atoms with E-state index in [2.05, 4.69) is 181 Å². The standard InChI is InChI=1S/C48H33N5/c1-48(2)38-20-10-6-19-37(38)43-39(48)29-28-36-35-18-9-13-23-42(35)53(44(36)43)47-50-45(32-26-24-31(25-27-32)30-14-4-3-5-15-30)49-46(51-47)52-40-21-11-7-16-33(40)34-17-8-12-22-41(34)52/h3-29H,1-2H3. The summed E-state index contributed by atoms with van der Waals surface area (Å²) in [5, 5.41) is 4.67. The molecule has 5 nitrogen and oxygen atoms in total. The Balaban J connectivity index is 1.25. The van der Waals surface area contributed by atoms with E-state index in [4.69, 9.17) is 15.0 Å². The Kier molecular flexibility index (Phi) is 6.23. The van der Waals surface area contributed by atoms with Crippen LogP contribution in [0.5, 0.6) is 0 Å². The van der Waals surface area contributed by atoms with Crippen LogP contribution >= 0.6 is 0 Å². The van der Waals surface area contributed by atoms with Gasteiger partial charge in [-0.15, -0.1) is 0 Å². The van der Waals surface area contributed by atoms with E-state index in [0.717, 1.165) is 44.0 Å². The molecule has 0 aliphatic heterocycles. The summed E-state index contributed by atoms with van der Waals surface area (Å²) in [5.74, 6) is 1.78. The van der Waals surface area contributed by atoms with Crippen molar-refractivity contribution in [3.05, 3.63) is 175 Å². The van der Waals surface area contributed by atoms with Gasteiger partial charge in [-0.05, 0) is 46.0 Å². The first kappa shape index (κ1) is 29.8. The van der Waals surface area contributed by atoms with E-state index in [-0.39, 0.29) is 5.41 Å². The van der Waals surface area contributed by atoms with Crippen LogP contribution in [0.2, 0.25) is 0 Å². The number of rotatable bonds is 4. The minimum absolute atomic E-state index is 0.152. The number of fused-ring (bicyclic) bond motifs is 10. The average Bonchev–Trinajstić information content (AvgIpc) is 3.82. The molecule has 11 rings (SSSR count). The van der Waals surface area contributed by atoms with Crippen LogP contribution in [0, 0.1) is 0 Å². The van der Waals surface area contributed by atoms with E-state index in [9.17, 15) is 0 Å². The summed E-state index contributed by atoms with van der Waals surface area (Å²) in [6.07, 6.45) is 0. The molecule has 0 amide bonds. The second-order valence-electron chi connectivity index (χ2n) is 14.5. The van der Waals surface area contributed by atoms with Crippen LogP contribution in [0.3, 0.4) is 0 Å². The van der Waals surface area contributed by atoms with E-state index in [1.807, 2.05) is 6.07 Å². The van der Waals surface area contributed by atoms with Gasteiger partial charge in [0.1, 0.15) is 0 Å². The minimum Gasteiger partial charge on any atom is -0.278 e. The maximum atomic E-state index is 5.43. The molecule has 5 heteroatoms. The number of hydrogen-bond acceptors (Lipinski definition) is 3. The SMILES string of the molecule is CC1(C)c2ccccc2-c2c1ccc1c3ccccc3n(-c3nc(-c4ccc(-c5ccccc5)cc4)nc(-n4c5ccccc5c5ccccc54)n3)c21. The summed E-state index contributed by atoms with van der Waals surface area (Å²) in [5.41, 5.74) is 12.5. The molecule has 53 heavy (non-hydrogen) atoms. The van der Waals surface area contributed by atoms with Crippen molar-refractivity contribution in [2.45, 2.75) is 19.3 Å². The fourth-order valence-electron chi connectivity index (χ4n) is 8.71. The first-order valence-corrected chi connectivity index (χ1v) is 18.1. The van der Waals surface area contributed by atoms with Gasteiger partial charge in [0.05, 0.1) is 22.1 Å². The van der Waals surface area contributed by atoms with Crippen molar-refractivity contribution in [2.75, 3.05) is 0 Å². The van der Waals surface area contributed by atoms with E-state index < -0.39 is 0 Å². The fraction of sp³-hybridized carbons (Fsp3) is 0.0625. The van der Waals surface area contributed by atoms with Crippen LogP contribution in [0.1, 0.15) is 25.0 Å². The number of benzene rings is 7. The molecule has 0 unspecified atom stereocenters. The van der Waals surface area contributed by atoms with Crippen molar-refractivity contribution in [2.24, 2.45) is 0 Å². The Morgan fingerprint density at radius 1 is 0.396 bits per heavy atom. The first-order chi connectivity index (χ1) is 26.1. The summed E-state index contributed by atoms with van der Waals surface area (Å²) in [4.78, 5) is 16.1.